The van der Waals surface area contributed by atoms with Crippen LogP contribution in [0.4, 0.5) is 11.4 Å². The number of benzene rings is 1. The van der Waals surface area contributed by atoms with Crippen LogP contribution in [0.15, 0.2) is 45.9 Å². The van der Waals surface area contributed by atoms with Crippen molar-refractivity contribution < 1.29 is 22.4 Å². The molecular formula is C24H30N4O5S. The Morgan fingerprint density at radius 3 is 2.62 bits per heavy atom. The van der Waals surface area contributed by atoms with E-state index in [1.165, 1.54) is 9.21 Å². The van der Waals surface area contributed by atoms with Crippen molar-refractivity contribution in [3.05, 3.63) is 42.4 Å². The first-order valence-electron chi connectivity index (χ1n) is 12.0. The van der Waals surface area contributed by atoms with Crippen molar-refractivity contribution in [1.29, 1.82) is 0 Å². The number of furan rings is 1. The summed E-state index contributed by atoms with van der Waals surface area (Å²) in [5, 5.41) is 2.85. The van der Waals surface area contributed by atoms with Crippen molar-refractivity contribution >= 4 is 33.2 Å². The van der Waals surface area contributed by atoms with Gasteiger partial charge < -0.3 is 14.6 Å². The number of amides is 2. The number of hydrogen-bond donors (Lipinski definition) is 1. The van der Waals surface area contributed by atoms with E-state index < -0.39 is 10.0 Å². The van der Waals surface area contributed by atoms with E-state index in [0.717, 1.165) is 50.1 Å². The number of anilines is 2. The molecule has 2 amide bonds. The normalized spacial score (nSPS) is 20.8. The molecule has 182 valence electrons. The Hall–Kier alpha value is -2.85. The second kappa shape index (κ2) is 9.42. The number of nitrogens with zero attached hydrogens (tertiary/aromatic N) is 3. The fraction of sp³-hybridized carbons (Fsp3) is 0.500. The van der Waals surface area contributed by atoms with Gasteiger partial charge in [-0.15, -0.1) is 0 Å². The summed E-state index contributed by atoms with van der Waals surface area (Å²) in [6.07, 6.45) is 6.49. The summed E-state index contributed by atoms with van der Waals surface area (Å²) in [7, 11) is -3.64. The SMILES string of the molecule is O=C(CN1C(=O)C2CCCCN2c2ccc(S(=O)(=O)N3CCCC3)cc21)NCCc1ccco1. The zero-order chi connectivity index (χ0) is 23.7. The molecule has 0 aliphatic carbocycles. The van der Waals surface area contributed by atoms with Crippen LogP contribution in [0.2, 0.25) is 0 Å². The highest BCUT2D eigenvalue weighted by atomic mass is 32.2. The number of carbonyl (C=O) groups excluding carboxylic acids is 2. The van der Waals surface area contributed by atoms with Gasteiger partial charge in [-0.05, 0) is 62.4 Å². The number of piperidine rings is 1. The number of rotatable bonds is 7. The maximum absolute atomic E-state index is 13.5. The number of carbonyl (C=O) groups is 2. The minimum Gasteiger partial charge on any atom is -0.469 e. The highest BCUT2D eigenvalue weighted by molar-refractivity contribution is 7.89. The third-order valence-electron chi connectivity index (χ3n) is 6.88. The Bertz CT molecular complexity index is 1160. The Balaban J connectivity index is 1.41. The maximum atomic E-state index is 13.5. The van der Waals surface area contributed by atoms with Gasteiger partial charge in [0.2, 0.25) is 21.8 Å². The van der Waals surface area contributed by atoms with Gasteiger partial charge in [-0.1, -0.05) is 0 Å². The van der Waals surface area contributed by atoms with Crippen LogP contribution in [0.5, 0.6) is 0 Å². The fourth-order valence-corrected chi connectivity index (χ4v) is 6.66. The molecule has 2 aromatic rings. The van der Waals surface area contributed by atoms with Crippen LogP contribution in [-0.2, 0) is 26.0 Å². The lowest BCUT2D eigenvalue weighted by Crippen LogP contribution is -2.57. The van der Waals surface area contributed by atoms with Crippen molar-refractivity contribution in [3.8, 4) is 0 Å². The van der Waals surface area contributed by atoms with E-state index in [1.807, 2.05) is 6.07 Å². The summed E-state index contributed by atoms with van der Waals surface area (Å²) in [5.41, 5.74) is 1.30. The van der Waals surface area contributed by atoms with Crippen molar-refractivity contribution in [3.63, 3.8) is 0 Å². The van der Waals surface area contributed by atoms with Gasteiger partial charge in [0, 0.05) is 32.6 Å². The van der Waals surface area contributed by atoms with E-state index in [9.17, 15) is 18.0 Å². The average Bonchev–Trinajstić information content (AvgIpc) is 3.56. The van der Waals surface area contributed by atoms with E-state index in [-0.39, 0.29) is 29.3 Å². The van der Waals surface area contributed by atoms with Crippen LogP contribution in [0.3, 0.4) is 0 Å². The molecule has 0 bridgehead atoms. The molecule has 0 spiro atoms. The molecule has 3 aliphatic rings. The Morgan fingerprint density at radius 1 is 1.06 bits per heavy atom. The van der Waals surface area contributed by atoms with Crippen molar-refractivity contribution in [1.82, 2.24) is 9.62 Å². The summed E-state index contributed by atoms with van der Waals surface area (Å²) in [5.74, 6) is 0.335. The second-order valence-corrected chi connectivity index (χ2v) is 11.0. The molecule has 4 heterocycles. The Kier molecular flexibility index (Phi) is 6.35. The molecule has 3 aliphatic heterocycles. The van der Waals surface area contributed by atoms with Crippen molar-refractivity contribution in [2.75, 3.05) is 42.5 Å². The molecule has 2 saturated heterocycles. The molecule has 0 saturated carbocycles. The summed E-state index contributed by atoms with van der Waals surface area (Å²) in [4.78, 5) is 29.9. The number of nitrogens with one attached hydrogen (secondary N) is 1. The van der Waals surface area contributed by atoms with E-state index in [1.54, 1.807) is 30.5 Å². The lowest BCUT2D eigenvalue weighted by molar-refractivity contribution is -0.125. The fourth-order valence-electron chi connectivity index (χ4n) is 5.12. The van der Waals surface area contributed by atoms with Gasteiger partial charge in [-0.2, -0.15) is 4.31 Å². The minimum atomic E-state index is -3.64. The molecule has 1 aromatic carbocycles. The zero-order valence-corrected chi connectivity index (χ0v) is 19.9. The van der Waals surface area contributed by atoms with Crippen LogP contribution in [0.1, 0.15) is 37.9 Å². The van der Waals surface area contributed by atoms with Crippen molar-refractivity contribution in [2.45, 2.75) is 49.5 Å². The van der Waals surface area contributed by atoms with E-state index in [2.05, 4.69) is 10.2 Å². The third-order valence-corrected chi connectivity index (χ3v) is 8.77. The van der Waals surface area contributed by atoms with E-state index in [4.69, 9.17) is 4.42 Å². The van der Waals surface area contributed by atoms with Crippen LogP contribution in [0.25, 0.3) is 0 Å². The standard InChI is InChI=1S/C24H30N4O5S/c29-23(25-11-10-18-6-5-15-33-18)17-28-22-16-19(34(31,32)26-12-3-4-13-26)8-9-20(22)27-14-2-1-7-21(27)24(28)30/h5-6,8-9,15-16,21H,1-4,7,10-14,17H2,(H,25,29). The largest absolute Gasteiger partial charge is 0.469 e. The van der Waals surface area contributed by atoms with Gasteiger partial charge in [0.05, 0.1) is 22.5 Å². The van der Waals surface area contributed by atoms with Gasteiger partial charge in [0.1, 0.15) is 18.3 Å². The predicted molar refractivity (Wildman–Crippen MR) is 127 cm³/mol. The van der Waals surface area contributed by atoms with E-state index in [0.29, 0.717) is 31.7 Å². The first kappa shape index (κ1) is 22.9. The summed E-state index contributed by atoms with van der Waals surface area (Å²) < 4.78 is 33.2. The van der Waals surface area contributed by atoms with Crippen LogP contribution < -0.4 is 15.1 Å². The molecule has 1 unspecified atom stereocenters. The lowest BCUT2D eigenvalue weighted by atomic mass is 9.96. The quantitative estimate of drug-likeness (QED) is 0.643. The molecule has 1 N–H and O–H groups in total. The summed E-state index contributed by atoms with van der Waals surface area (Å²) in [6, 6.07) is 8.32. The highest BCUT2D eigenvalue weighted by Gasteiger charge is 2.41. The van der Waals surface area contributed by atoms with Crippen molar-refractivity contribution in [2.24, 2.45) is 0 Å². The summed E-state index contributed by atoms with van der Waals surface area (Å²) >= 11 is 0. The Labute approximate surface area is 199 Å². The molecule has 1 aromatic heterocycles. The topological polar surface area (TPSA) is 103 Å². The smallest absolute Gasteiger partial charge is 0.250 e. The van der Waals surface area contributed by atoms with Gasteiger partial charge in [-0.3, -0.25) is 14.5 Å². The monoisotopic (exact) mass is 486 g/mol. The minimum absolute atomic E-state index is 0.149. The molecule has 2 fully saturated rings. The van der Waals surface area contributed by atoms with Gasteiger partial charge in [-0.25, -0.2) is 8.42 Å². The third kappa shape index (κ3) is 4.32. The molecule has 5 rings (SSSR count). The molecule has 1 atom stereocenters. The number of hydrogen-bond acceptors (Lipinski definition) is 6. The summed E-state index contributed by atoms with van der Waals surface area (Å²) in [6.45, 7) is 2.00. The molecule has 10 heteroatoms. The number of sulfonamides is 1. The Morgan fingerprint density at radius 2 is 1.85 bits per heavy atom. The lowest BCUT2D eigenvalue weighted by Gasteiger charge is -2.45. The number of fused-ring (bicyclic) bond motifs is 3. The predicted octanol–water partition coefficient (Wildman–Crippen LogP) is 2.13. The van der Waals surface area contributed by atoms with Gasteiger partial charge in [0.15, 0.2) is 0 Å². The molecular weight excluding hydrogens is 456 g/mol. The zero-order valence-electron chi connectivity index (χ0n) is 19.1. The van der Waals surface area contributed by atoms with Crippen LogP contribution in [0, 0.1) is 0 Å². The highest BCUT2D eigenvalue weighted by Crippen LogP contribution is 2.41. The molecule has 9 nitrogen and oxygen atoms in total. The van der Waals surface area contributed by atoms with E-state index >= 15 is 0 Å². The van der Waals surface area contributed by atoms with Gasteiger partial charge >= 0.3 is 0 Å². The maximum Gasteiger partial charge on any atom is 0.250 e. The van der Waals surface area contributed by atoms with Gasteiger partial charge in [0.25, 0.3) is 0 Å². The molecule has 0 radical (unpaired) electrons. The van der Waals surface area contributed by atoms with Crippen LogP contribution in [-0.4, -0.2) is 63.3 Å². The van der Waals surface area contributed by atoms with Crippen LogP contribution >= 0.6 is 0 Å². The average molecular weight is 487 g/mol. The first-order chi connectivity index (χ1) is 16.4. The first-order valence-corrected chi connectivity index (χ1v) is 13.4. The second-order valence-electron chi connectivity index (χ2n) is 9.07. The molecule has 34 heavy (non-hydrogen) atoms.